The van der Waals surface area contributed by atoms with Gasteiger partial charge in [-0.2, -0.15) is 0 Å². The normalized spacial score (nSPS) is 12.9. The molecule has 1 N–H and O–H groups in total. The second-order valence-electron chi connectivity index (χ2n) is 6.83. The molecule has 162 valence electrons. The lowest BCUT2D eigenvalue weighted by Gasteiger charge is -2.26. The molecule has 2 aromatic rings. The number of nitrogens with zero attached hydrogens (tertiary/aromatic N) is 2. The largest absolute Gasteiger partial charge is 0.471 e. The number of hydrazine groups is 1. The van der Waals surface area contributed by atoms with Crippen LogP contribution in [0.25, 0.3) is 0 Å². The van der Waals surface area contributed by atoms with E-state index in [0.717, 1.165) is 10.6 Å². The van der Waals surface area contributed by atoms with Gasteiger partial charge in [-0.25, -0.2) is 29.4 Å². The molecule has 1 heterocycles. The average molecular weight is 425 g/mol. The summed E-state index contributed by atoms with van der Waals surface area (Å²) in [6.45, 7) is 0.240. The maximum Gasteiger partial charge on any atom is 0.471 e. The van der Waals surface area contributed by atoms with Gasteiger partial charge in [0.15, 0.2) is 0 Å². The van der Waals surface area contributed by atoms with E-state index in [1.54, 1.807) is 30.3 Å². The molecule has 0 aromatic heterocycles. The number of amides is 3. The minimum absolute atomic E-state index is 0.0471. The van der Waals surface area contributed by atoms with Gasteiger partial charge in [-0.15, -0.1) is 0 Å². The Hall–Kier alpha value is -3.88. The van der Waals surface area contributed by atoms with E-state index in [2.05, 4.69) is 15.1 Å². The van der Waals surface area contributed by atoms with E-state index in [1.165, 1.54) is 5.01 Å². The van der Waals surface area contributed by atoms with E-state index < -0.39 is 23.9 Å². The summed E-state index contributed by atoms with van der Waals surface area (Å²) < 4.78 is 0. The van der Waals surface area contributed by atoms with Gasteiger partial charge in [0.05, 0.1) is 13.0 Å². The first-order valence-electron chi connectivity index (χ1n) is 9.91. The van der Waals surface area contributed by atoms with Crippen LogP contribution >= 0.6 is 0 Å². The number of benzene rings is 2. The van der Waals surface area contributed by atoms with E-state index in [4.69, 9.17) is 0 Å². The summed E-state index contributed by atoms with van der Waals surface area (Å²) in [4.78, 5) is 57.8. The smallest absolute Gasteiger partial charge is 0.343 e. The summed E-state index contributed by atoms with van der Waals surface area (Å²) in [7, 11) is 0. The number of aryl methyl sites for hydroxylation is 1. The first-order chi connectivity index (χ1) is 15.0. The van der Waals surface area contributed by atoms with Gasteiger partial charge in [0, 0.05) is 18.7 Å². The molecule has 3 amide bonds. The number of carbonyl (C=O) groups is 4. The van der Waals surface area contributed by atoms with Crippen LogP contribution in [0.4, 0.5) is 4.79 Å². The minimum Gasteiger partial charge on any atom is -0.343 e. The van der Waals surface area contributed by atoms with Crippen LogP contribution in [-0.2, 0) is 25.8 Å². The molecule has 0 unspecified atom stereocenters. The fourth-order valence-corrected chi connectivity index (χ4v) is 3.06. The first kappa shape index (κ1) is 21.8. The molecule has 1 aliphatic rings. The van der Waals surface area contributed by atoms with Crippen LogP contribution < -0.4 is 5.32 Å². The van der Waals surface area contributed by atoms with Crippen molar-refractivity contribution in [2.75, 3.05) is 19.6 Å². The Balaban J connectivity index is 1.43. The van der Waals surface area contributed by atoms with Gasteiger partial charge >= 0.3 is 12.1 Å². The molecule has 2 aromatic carbocycles. The van der Waals surface area contributed by atoms with E-state index in [1.807, 2.05) is 30.3 Å². The zero-order valence-corrected chi connectivity index (χ0v) is 16.9. The quantitative estimate of drug-likeness (QED) is 0.561. The Morgan fingerprint density at radius 1 is 0.839 bits per heavy atom. The first-order valence-corrected chi connectivity index (χ1v) is 9.91. The van der Waals surface area contributed by atoms with Crippen molar-refractivity contribution in [3.63, 3.8) is 0 Å². The molecule has 1 aliphatic heterocycles. The summed E-state index contributed by atoms with van der Waals surface area (Å²) in [6.07, 6.45) is 0.0707. The van der Waals surface area contributed by atoms with Crippen molar-refractivity contribution in [3.05, 3.63) is 71.8 Å². The Morgan fingerprint density at radius 3 is 2.19 bits per heavy atom. The molecule has 0 radical (unpaired) electrons. The molecule has 0 bridgehead atoms. The van der Waals surface area contributed by atoms with Crippen molar-refractivity contribution in [3.8, 4) is 0 Å². The highest BCUT2D eigenvalue weighted by molar-refractivity contribution is 5.96. The molecule has 9 nitrogen and oxygen atoms in total. The van der Waals surface area contributed by atoms with Gasteiger partial charge < -0.3 is 5.32 Å². The van der Waals surface area contributed by atoms with E-state index in [0.29, 0.717) is 18.4 Å². The molecular weight excluding hydrogens is 402 g/mol. The van der Waals surface area contributed by atoms with Crippen LogP contribution in [0.5, 0.6) is 0 Å². The molecule has 0 aliphatic carbocycles. The minimum atomic E-state index is -0.965. The predicted octanol–water partition coefficient (Wildman–Crippen LogP) is 2.09. The fraction of sp³-hybridized carbons (Fsp3) is 0.273. The van der Waals surface area contributed by atoms with Crippen molar-refractivity contribution in [2.24, 2.45) is 0 Å². The van der Waals surface area contributed by atoms with Gasteiger partial charge in [-0.3, -0.25) is 9.59 Å². The van der Waals surface area contributed by atoms with Crippen molar-refractivity contribution in [1.82, 2.24) is 15.3 Å². The van der Waals surface area contributed by atoms with Crippen LogP contribution in [-0.4, -0.2) is 53.5 Å². The zero-order chi connectivity index (χ0) is 22.1. The number of carbonyl (C=O) groups excluding carboxylic acids is 4. The topological polar surface area (TPSA) is 105 Å². The summed E-state index contributed by atoms with van der Waals surface area (Å²) in [6, 6.07) is 17.8. The van der Waals surface area contributed by atoms with Crippen LogP contribution in [0.15, 0.2) is 60.7 Å². The highest BCUT2D eigenvalue weighted by Gasteiger charge is 2.33. The molecule has 0 atom stereocenters. The summed E-state index contributed by atoms with van der Waals surface area (Å²) in [5.74, 6) is -1.56. The monoisotopic (exact) mass is 425 g/mol. The Labute approximate surface area is 179 Å². The molecule has 0 spiro atoms. The fourth-order valence-electron chi connectivity index (χ4n) is 3.06. The number of nitrogens with one attached hydrogen (secondary N) is 1. The highest BCUT2D eigenvalue weighted by atomic mass is 17.2. The summed E-state index contributed by atoms with van der Waals surface area (Å²) >= 11 is 0. The van der Waals surface area contributed by atoms with Gasteiger partial charge in [-0.05, 0) is 30.5 Å². The Bertz CT molecular complexity index is 919. The number of hydrogen-bond donors (Lipinski definition) is 1. The zero-order valence-electron chi connectivity index (χ0n) is 16.9. The second-order valence-corrected chi connectivity index (χ2v) is 6.83. The average Bonchev–Trinajstić information content (AvgIpc) is 3.31. The third-order valence-electron chi connectivity index (χ3n) is 4.63. The van der Waals surface area contributed by atoms with Gasteiger partial charge in [0.2, 0.25) is 0 Å². The van der Waals surface area contributed by atoms with E-state index >= 15 is 0 Å². The SMILES string of the molecule is O=C(CCc1ccccc1)OOC(=O)N1CCCN1C(=O)CNC(=O)c1ccccc1. The van der Waals surface area contributed by atoms with Gasteiger partial charge in [0.1, 0.15) is 0 Å². The van der Waals surface area contributed by atoms with Gasteiger partial charge in [-0.1, -0.05) is 48.5 Å². The molecule has 0 saturated carbocycles. The van der Waals surface area contributed by atoms with Gasteiger partial charge in [0.25, 0.3) is 11.8 Å². The Kier molecular flexibility index (Phi) is 7.58. The molecular formula is C22H23N3O6. The predicted molar refractivity (Wildman–Crippen MR) is 109 cm³/mol. The summed E-state index contributed by atoms with van der Waals surface area (Å²) in [5.41, 5.74) is 1.38. The third-order valence-corrected chi connectivity index (χ3v) is 4.63. The standard InChI is InChI=1S/C22H23N3O6/c26-19(16-23-21(28)18-10-5-2-6-11-18)24-14-7-15-25(24)22(29)31-30-20(27)13-12-17-8-3-1-4-9-17/h1-6,8-11H,7,12-16H2,(H,23,28). The van der Waals surface area contributed by atoms with Crippen molar-refractivity contribution in [2.45, 2.75) is 19.3 Å². The van der Waals surface area contributed by atoms with E-state index in [9.17, 15) is 19.2 Å². The maximum absolute atomic E-state index is 12.4. The summed E-state index contributed by atoms with van der Waals surface area (Å²) in [5, 5.41) is 4.75. The molecule has 31 heavy (non-hydrogen) atoms. The van der Waals surface area contributed by atoms with Crippen LogP contribution in [0.2, 0.25) is 0 Å². The lowest BCUT2D eigenvalue weighted by atomic mass is 10.1. The second kappa shape index (κ2) is 10.8. The number of hydrogen-bond acceptors (Lipinski definition) is 6. The highest BCUT2D eigenvalue weighted by Crippen LogP contribution is 2.13. The van der Waals surface area contributed by atoms with Crippen LogP contribution in [0.1, 0.15) is 28.8 Å². The Morgan fingerprint density at radius 2 is 1.48 bits per heavy atom. The molecule has 3 rings (SSSR count). The van der Waals surface area contributed by atoms with Crippen molar-refractivity contribution < 1.29 is 29.0 Å². The lowest BCUT2D eigenvalue weighted by Crippen LogP contribution is -2.48. The van der Waals surface area contributed by atoms with Crippen LogP contribution in [0, 0.1) is 0 Å². The van der Waals surface area contributed by atoms with E-state index in [-0.39, 0.29) is 26.1 Å². The molecule has 1 fully saturated rings. The lowest BCUT2D eigenvalue weighted by molar-refractivity contribution is -0.241. The third kappa shape index (κ3) is 6.30. The van der Waals surface area contributed by atoms with Crippen LogP contribution in [0.3, 0.4) is 0 Å². The number of rotatable bonds is 6. The van der Waals surface area contributed by atoms with Crippen molar-refractivity contribution in [1.29, 1.82) is 0 Å². The molecule has 1 saturated heterocycles. The molecule has 9 heteroatoms. The maximum atomic E-state index is 12.4. The van der Waals surface area contributed by atoms with Crippen molar-refractivity contribution >= 4 is 23.9 Å².